The molecule has 0 bridgehead atoms. The van der Waals surface area contributed by atoms with Crippen LogP contribution in [0.5, 0.6) is 0 Å². The zero-order valence-electron chi connectivity index (χ0n) is 6.13. The normalized spacial score (nSPS) is 8.73. The number of hydrogen-bond acceptors (Lipinski definition) is 3. The first-order chi connectivity index (χ1) is 5.24. The molecule has 0 saturated carbocycles. The van der Waals surface area contributed by atoms with Gasteiger partial charge >= 0.3 is 0 Å². The maximum absolute atomic E-state index is 8.50. The lowest BCUT2D eigenvalue weighted by Gasteiger charge is -1.94. The summed E-state index contributed by atoms with van der Waals surface area (Å²) in [7, 11) is 0. The maximum atomic E-state index is 8.50. The van der Waals surface area contributed by atoms with E-state index in [0.29, 0.717) is 17.0 Å². The van der Waals surface area contributed by atoms with Crippen molar-refractivity contribution in [2.45, 2.75) is 6.92 Å². The van der Waals surface area contributed by atoms with Crippen molar-refractivity contribution >= 4 is 5.71 Å². The highest BCUT2D eigenvalue weighted by Gasteiger charge is 1.96. The predicted molar refractivity (Wildman–Crippen MR) is 41.5 cm³/mol. The molecule has 0 aliphatic heterocycles. The molecular formula is C8H7N3. The summed E-state index contributed by atoms with van der Waals surface area (Å²) in [4.78, 5) is 3.91. The molecule has 0 unspecified atom stereocenters. The molecule has 0 radical (unpaired) electrons. The van der Waals surface area contributed by atoms with Crippen LogP contribution in [0, 0.1) is 16.7 Å². The molecule has 0 spiro atoms. The molecule has 1 heterocycles. The first kappa shape index (κ1) is 7.42. The van der Waals surface area contributed by atoms with Crippen molar-refractivity contribution < 1.29 is 0 Å². The Labute approximate surface area is 64.8 Å². The summed E-state index contributed by atoms with van der Waals surface area (Å²) in [5, 5.41) is 15.7. The molecule has 0 aliphatic rings. The Morgan fingerprint density at radius 3 is 3.00 bits per heavy atom. The fraction of sp³-hybridized carbons (Fsp3) is 0.125. The zero-order chi connectivity index (χ0) is 8.27. The molecule has 0 aromatic carbocycles. The SMILES string of the molecule is CC(=N)c1cc(C#N)ccn1. The summed E-state index contributed by atoms with van der Waals surface area (Å²) < 4.78 is 0. The van der Waals surface area contributed by atoms with Crippen molar-refractivity contribution in [2.24, 2.45) is 0 Å². The Morgan fingerprint density at radius 2 is 2.45 bits per heavy atom. The third kappa shape index (κ3) is 1.62. The topological polar surface area (TPSA) is 60.5 Å². The van der Waals surface area contributed by atoms with Gasteiger partial charge in [0.1, 0.15) is 0 Å². The molecule has 54 valence electrons. The Kier molecular flexibility index (Phi) is 1.98. The number of pyridine rings is 1. The summed E-state index contributed by atoms with van der Waals surface area (Å²) in [5.74, 6) is 0. The van der Waals surface area contributed by atoms with Crippen LogP contribution in [-0.4, -0.2) is 10.7 Å². The smallest absolute Gasteiger partial charge is 0.0992 e. The first-order valence-corrected chi connectivity index (χ1v) is 3.15. The first-order valence-electron chi connectivity index (χ1n) is 3.15. The molecule has 0 fully saturated rings. The van der Waals surface area contributed by atoms with Gasteiger partial charge in [-0.25, -0.2) is 0 Å². The van der Waals surface area contributed by atoms with E-state index in [1.807, 2.05) is 6.07 Å². The van der Waals surface area contributed by atoms with Gasteiger partial charge in [0.25, 0.3) is 0 Å². The van der Waals surface area contributed by atoms with Gasteiger partial charge in [0.2, 0.25) is 0 Å². The Morgan fingerprint density at radius 1 is 1.73 bits per heavy atom. The molecule has 1 aromatic heterocycles. The van der Waals surface area contributed by atoms with Gasteiger partial charge < -0.3 is 5.41 Å². The van der Waals surface area contributed by atoms with Crippen molar-refractivity contribution in [3.05, 3.63) is 29.6 Å². The number of aromatic nitrogens is 1. The third-order valence-electron chi connectivity index (χ3n) is 1.27. The average Bonchev–Trinajstić information content (AvgIpc) is 2.05. The van der Waals surface area contributed by atoms with Crippen LogP contribution in [0.1, 0.15) is 18.2 Å². The summed E-state index contributed by atoms with van der Waals surface area (Å²) in [6.45, 7) is 1.64. The van der Waals surface area contributed by atoms with E-state index in [-0.39, 0.29) is 0 Å². The summed E-state index contributed by atoms with van der Waals surface area (Å²) in [6, 6.07) is 5.20. The molecule has 0 saturated heterocycles. The van der Waals surface area contributed by atoms with Gasteiger partial charge in [-0.1, -0.05) is 0 Å². The van der Waals surface area contributed by atoms with Crippen LogP contribution in [0.15, 0.2) is 18.3 Å². The van der Waals surface area contributed by atoms with E-state index in [9.17, 15) is 0 Å². The standard InChI is InChI=1S/C8H7N3/c1-6(10)8-4-7(5-9)2-3-11-8/h2-4,10H,1H3. The Balaban J connectivity index is 3.13. The fourth-order valence-electron chi connectivity index (χ4n) is 0.705. The van der Waals surface area contributed by atoms with Crippen molar-refractivity contribution in [1.29, 1.82) is 10.7 Å². The molecule has 11 heavy (non-hydrogen) atoms. The molecule has 3 heteroatoms. The van der Waals surface area contributed by atoms with Gasteiger partial charge in [-0.2, -0.15) is 5.26 Å². The van der Waals surface area contributed by atoms with E-state index in [2.05, 4.69) is 4.98 Å². The number of rotatable bonds is 1. The number of nitriles is 1. The van der Waals surface area contributed by atoms with Crippen molar-refractivity contribution in [3.63, 3.8) is 0 Å². The van der Waals surface area contributed by atoms with E-state index < -0.39 is 0 Å². The van der Waals surface area contributed by atoms with Gasteiger partial charge in [0.15, 0.2) is 0 Å². The predicted octanol–water partition coefficient (Wildman–Crippen LogP) is 1.34. The van der Waals surface area contributed by atoms with Gasteiger partial charge in [0.05, 0.1) is 23.0 Å². The third-order valence-corrected chi connectivity index (χ3v) is 1.27. The number of nitrogens with zero attached hydrogens (tertiary/aromatic N) is 2. The minimum absolute atomic E-state index is 0.377. The van der Waals surface area contributed by atoms with E-state index in [1.165, 1.54) is 6.20 Å². The number of hydrogen-bond donors (Lipinski definition) is 1. The quantitative estimate of drug-likeness (QED) is 0.606. The highest BCUT2D eigenvalue weighted by atomic mass is 14.7. The monoisotopic (exact) mass is 145 g/mol. The van der Waals surface area contributed by atoms with Crippen LogP contribution in [0.3, 0.4) is 0 Å². The van der Waals surface area contributed by atoms with Crippen molar-refractivity contribution in [3.8, 4) is 6.07 Å². The Hall–Kier alpha value is -1.69. The molecule has 0 atom stereocenters. The lowest BCUT2D eigenvalue weighted by molar-refractivity contribution is 1.25. The lowest BCUT2D eigenvalue weighted by Crippen LogP contribution is -1.95. The van der Waals surface area contributed by atoms with Crippen LogP contribution < -0.4 is 0 Å². The molecular weight excluding hydrogens is 138 g/mol. The van der Waals surface area contributed by atoms with Crippen molar-refractivity contribution in [2.75, 3.05) is 0 Å². The molecule has 1 N–H and O–H groups in total. The van der Waals surface area contributed by atoms with Crippen LogP contribution in [-0.2, 0) is 0 Å². The van der Waals surface area contributed by atoms with Gasteiger partial charge in [-0.3, -0.25) is 4.98 Å². The van der Waals surface area contributed by atoms with Gasteiger partial charge in [0, 0.05) is 6.20 Å². The minimum Gasteiger partial charge on any atom is -0.303 e. The van der Waals surface area contributed by atoms with Gasteiger partial charge in [-0.05, 0) is 19.1 Å². The highest BCUT2D eigenvalue weighted by Crippen LogP contribution is 1.99. The lowest BCUT2D eigenvalue weighted by atomic mass is 10.2. The maximum Gasteiger partial charge on any atom is 0.0992 e. The minimum atomic E-state index is 0.377. The summed E-state index contributed by atoms with van der Waals surface area (Å²) in [6.07, 6.45) is 1.53. The fourth-order valence-corrected chi connectivity index (χ4v) is 0.705. The summed E-state index contributed by atoms with van der Waals surface area (Å²) >= 11 is 0. The van der Waals surface area contributed by atoms with E-state index in [0.717, 1.165) is 0 Å². The Bertz CT molecular complexity index is 322. The molecule has 0 amide bonds. The second-order valence-electron chi connectivity index (χ2n) is 2.17. The van der Waals surface area contributed by atoms with Crippen LogP contribution in [0.25, 0.3) is 0 Å². The largest absolute Gasteiger partial charge is 0.303 e. The molecule has 1 rings (SSSR count). The van der Waals surface area contributed by atoms with Gasteiger partial charge in [-0.15, -0.1) is 0 Å². The van der Waals surface area contributed by atoms with Crippen LogP contribution >= 0.6 is 0 Å². The molecule has 1 aromatic rings. The average molecular weight is 145 g/mol. The van der Waals surface area contributed by atoms with E-state index >= 15 is 0 Å². The van der Waals surface area contributed by atoms with Crippen molar-refractivity contribution in [1.82, 2.24) is 4.98 Å². The second-order valence-corrected chi connectivity index (χ2v) is 2.17. The van der Waals surface area contributed by atoms with E-state index in [1.54, 1.807) is 19.1 Å². The molecule has 0 aliphatic carbocycles. The van der Waals surface area contributed by atoms with E-state index in [4.69, 9.17) is 10.7 Å². The molecule has 3 nitrogen and oxygen atoms in total. The number of nitrogens with one attached hydrogen (secondary N) is 1. The summed E-state index contributed by atoms with van der Waals surface area (Å²) in [5.41, 5.74) is 1.48. The second kappa shape index (κ2) is 2.93. The highest BCUT2D eigenvalue weighted by molar-refractivity contribution is 5.94. The van der Waals surface area contributed by atoms with Crippen LogP contribution in [0.4, 0.5) is 0 Å². The zero-order valence-corrected chi connectivity index (χ0v) is 6.13. The van der Waals surface area contributed by atoms with Crippen LogP contribution in [0.2, 0.25) is 0 Å².